The first-order valence-corrected chi connectivity index (χ1v) is 5.88. The van der Waals surface area contributed by atoms with Crippen molar-refractivity contribution in [2.24, 2.45) is 0 Å². The first kappa shape index (κ1) is 9.76. The van der Waals surface area contributed by atoms with Gasteiger partial charge in [-0.05, 0) is 43.2 Å². The fraction of sp³-hybridized carbons (Fsp3) is 0.500. The van der Waals surface area contributed by atoms with Crippen molar-refractivity contribution in [3.05, 3.63) is 21.9 Å². The van der Waals surface area contributed by atoms with Gasteiger partial charge in [0.05, 0.1) is 11.0 Å². The van der Waals surface area contributed by atoms with Crippen LogP contribution in [0.15, 0.2) is 11.4 Å². The molecule has 1 aromatic rings. The van der Waals surface area contributed by atoms with Gasteiger partial charge in [-0.15, -0.1) is 11.3 Å². The Balaban J connectivity index is 1.76. The van der Waals surface area contributed by atoms with E-state index in [0.29, 0.717) is 12.7 Å². The number of ether oxygens (including phenoxy) is 1. The Kier molecular flexibility index (Phi) is 3.23. The Bertz CT molecular complexity index is 352. The second kappa shape index (κ2) is 4.63. The van der Waals surface area contributed by atoms with Crippen molar-refractivity contribution >= 4 is 11.3 Å². The van der Waals surface area contributed by atoms with Gasteiger partial charge in [-0.1, -0.05) is 11.8 Å². The molecule has 1 aromatic heterocycles. The van der Waals surface area contributed by atoms with Crippen LogP contribution in [0.25, 0.3) is 0 Å². The molecular weight excluding hydrogens is 192 g/mol. The van der Waals surface area contributed by atoms with Gasteiger partial charge in [0, 0.05) is 0 Å². The quantitative estimate of drug-likeness (QED) is 0.676. The minimum Gasteiger partial charge on any atom is -0.366 e. The van der Waals surface area contributed by atoms with E-state index in [0.717, 1.165) is 4.88 Å². The standard InChI is InChI=1S/C12H14OS/c1-10-8-12(14-9-10)6-3-7-13-11-4-2-5-11/h8-9,11H,2,4-5,7H2,1H3. The highest BCUT2D eigenvalue weighted by atomic mass is 32.1. The van der Waals surface area contributed by atoms with E-state index in [1.165, 1.54) is 24.8 Å². The molecule has 2 rings (SSSR count). The van der Waals surface area contributed by atoms with E-state index < -0.39 is 0 Å². The summed E-state index contributed by atoms with van der Waals surface area (Å²) in [7, 11) is 0. The van der Waals surface area contributed by atoms with E-state index in [1.54, 1.807) is 11.3 Å². The van der Waals surface area contributed by atoms with Gasteiger partial charge in [0.15, 0.2) is 0 Å². The van der Waals surface area contributed by atoms with E-state index in [2.05, 4.69) is 30.2 Å². The van der Waals surface area contributed by atoms with Crippen LogP contribution in [-0.2, 0) is 4.74 Å². The lowest BCUT2D eigenvalue weighted by molar-refractivity contribution is 0.0217. The van der Waals surface area contributed by atoms with Gasteiger partial charge in [-0.2, -0.15) is 0 Å². The summed E-state index contributed by atoms with van der Waals surface area (Å²) in [5, 5.41) is 2.12. The number of aryl methyl sites for hydroxylation is 1. The van der Waals surface area contributed by atoms with Gasteiger partial charge in [0.1, 0.15) is 6.61 Å². The zero-order valence-corrected chi connectivity index (χ0v) is 9.19. The summed E-state index contributed by atoms with van der Waals surface area (Å²) in [6.07, 6.45) is 4.26. The van der Waals surface area contributed by atoms with Crippen LogP contribution in [0.4, 0.5) is 0 Å². The van der Waals surface area contributed by atoms with Crippen LogP contribution in [0.5, 0.6) is 0 Å². The predicted molar refractivity (Wildman–Crippen MR) is 59.5 cm³/mol. The molecule has 1 saturated carbocycles. The van der Waals surface area contributed by atoms with Gasteiger partial charge in [0.25, 0.3) is 0 Å². The maximum atomic E-state index is 5.54. The average molecular weight is 206 g/mol. The average Bonchev–Trinajstić information content (AvgIpc) is 2.48. The highest BCUT2D eigenvalue weighted by molar-refractivity contribution is 7.10. The topological polar surface area (TPSA) is 9.23 Å². The maximum Gasteiger partial charge on any atom is 0.108 e. The lowest BCUT2D eigenvalue weighted by Crippen LogP contribution is -2.21. The van der Waals surface area contributed by atoms with Crippen LogP contribution in [-0.4, -0.2) is 12.7 Å². The van der Waals surface area contributed by atoms with E-state index >= 15 is 0 Å². The normalized spacial score (nSPS) is 15.8. The van der Waals surface area contributed by atoms with Crippen molar-refractivity contribution in [3.8, 4) is 11.8 Å². The summed E-state index contributed by atoms with van der Waals surface area (Å²) in [4.78, 5) is 1.14. The van der Waals surface area contributed by atoms with E-state index in [4.69, 9.17) is 4.74 Å². The Hall–Kier alpha value is -0.780. The van der Waals surface area contributed by atoms with Crippen molar-refractivity contribution in [3.63, 3.8) is 0 Å². The van der Waals surface area contributed by atoms with Crippen LogP contribution >= 0.6 is 11.3 Å². The summed E-state index contributed by atoms with van der Waals surface area (Å²) in [6, 6.07) is 2.11. The number of hydrogen-bond acceptors (Lipinski definition) is 2. The van der Waals surface area contributed by atoms with Crippen molar-refractivity contribution < 1.29 is 4.74 Å². The molecule has 0 radical (unpaired) electrons. The number of thiophene rings is 1. The summed E-state index contributed by atoms with van der Waals surface area (Å²) >= 11 is 1.70. The van der Waals surface area contributed by atoms with Crippen LogP contribution in [0, 0.1) is 18.8 Å². The minimum atomic E-state index is 0.495. The predicted octanol–water partition coefficient (Wildman–Crippen LogP) is 2.98. The molecule has 0 bridgehead atoms. The molecular formula is C12H14OS. The van der Waals surface area contributed by atoms with Crippen molar-refractivity contribution in [2.45, 2.75) is 32.3 Å². The molecule has 1 fully saturated rings. The van der Waals surface area contributed by atoms with E-state index in [9.17, 15) is 0 Å². The number of rotatable bonds is 2. The molecule has 1 heterocycles. The monoisotopic (exact) mass is 206 g/mol. The van der Waals surface area contributed by atoms with Crippen LogP contribution in [0.2, 0.25) is 0 Å². The molecule has 0 N–H and O–H groups in total. The SMILES string of the molecule is Cc1csc(C#CCOC2CCC2)c1. The summed E-state index contributed by atoms with van der Waals surface area (Å²) in [6.45, 7) is 2.67. The number of hydrogen-bond donors (Lipinski definition) is 0. The third-order valence-corrected chi connectivity index (χ3v) is 3.35. The molecule has 0 atom stereocenters. The highest BCUT2D eigenvalue weighted by Gasteiger charge is 2.16. The van der Waals surface area contributed by atoms with Gasteiger partial charge in [-0.3, -0.25) is 0 Å². The van der Waals surface area contributed by atoms with Gasteiger partial charge < -0.3 is 4.74 Å². The Morgan fingerprint density at radius 1 is 1.57 bits per heavy atom. The Morgan fingerprint density at radius 2 is 2.43 bits per heavy atom. The third kappa shape index (κ3) is 2.60. The minimum absolute atomic E-state index is 0.495. The molecule has 0 saturated heterocycles. The molecule has 0 amide bonds. The van der Waals surface area contributed by atoms with E-state index in [1.807, 2.05) is 0 Å². The molecule has 0 spiro atoms. The summed E-state index contributed by atoms with van der Waals surface area (Å²) < 4.78 is 5.54. The first-order valence-electron chi connectivity index (χ1n) is 5.00. The zero-order valence-electron chi connectivity index (χ0n) is 8.38. The Morgan fingerprint density at radius 3 is 3.00 bits per heavy atom. The molecule has 0 aromatic carbocycles. The van der Waals surface area contributed by atoms with Crippen LogP contribution in [0.3, 0.4) is 0 Å². The highest BCUT2D eigenvalue weighted by Crippen LogP contribution is 2.21. The van der Waals surface area contributed by atoms with E-state index in [-0.39, 0.29) is 0 Å². The molecule has 74 valence electrons. The second-order valence-corrected chi connectivity index (χ2v) is 4.57. The summed E-state index contributed by atoms with van der Waals surface area (Å²) in [5.74, 6) is 6.16. The first-order chi connectivity index (χ1) is 6.84. The molecule has 0 unspecified atom stereocenters. The molecule has 14 heavy (non-hydrogen) atoms. The lowest BCUT2D eigenvalue weighted by atomic mass is 9.96. The van der Waals surface area contributed by atoms with Crippen LogP contribution in [0.1, 0.15) is 29.7 Å². The van der Waals surface area contributed by atoms with Gasteiger partial charge >= 0.3 is 0 Å². The molecule has 1 aliphatic carbocycles. The zero-order chi connectivity index (χ0) is 9.80. The summed E-state index contributed by atoms with van der Waals surface area (Å²) in [5.41, 5.74) is 1.29. The largest absolute Gasteiger partial charge is 0.366 e. The van der Waals surface area contributed by atoms with Crippen LogP contribution < -0.4 is 0 Å². The van der Waals surface area contributed by atoms with Crippen molar-refractivity contribution in [1.29, 1.82) is 0 Å². The molecule has 1 aliphatic rings. The lowest BCUT2D eigenvalue weighted by Gasteiger charge is -2.24. The van der Waals surface area contributed by atoms with Gasteiger partial charge in [0.2, 0.25) is 0 Å². The van der Waals surface area contributed by atoms with Gasteiger partial charge in [-0.25, -0.2) is 0 Å². The molecule has 0 aliphatic heterocycles. The molecule has 2 heteroatoms. The van der Waals surface area contributed by atoms with Crippen molar-refractivity contribution in [2.75, 3.05) is 6.61 Å². The van der Waals surface area contributed by atoms with Crippen molar-refractivity contribution in [1.82, 2.24) is 0 Å². The third-order valence-electron chi connectivity index (χ3n) is 2.39. The smallest absolute Gasteiger partial charge is 0.108 e. The Labute approximate surface area is 89.1 Å². The molecule has 1 nitrogen and oxygen atoms in total. The second-order valence-electron chi connectivity index (χ2n) is 3.65. The fourth-order valence-electron chi connectivity index (χ4n) is 1.32. The maximum absolute atomic E-state index is 5.54. The fourth-order valence-corrected chi connectivity index (χ4v) is 2.08.